The molecule has 20 heavy (non-hydrogen) atoms. The number of aromatic nitrogens is 2. The molecule has 1 heterocycles. The first-order valence-corrected chi connectivity index (χ1v) is 6.24. The van der Waals surface area contributed by atoms with E-state index in [1.807, 2.05) is 36.7 Å². The lowest BCUT2D eigenvalue weighted by atomic mass is 10.2. The molecule has 3 N–H and O–H groups in total. The number of nitrogens with one attached hydrogen (secondary N) is 1. The van der Waals surface area contributed by atoms with E-state index < -0.39 is 0 Å². The van der Waals surface area contributed by atoms with Crippen LogP contribution in [0.2, 0.25) is 0 Å². The summed E-state index contributed by atoms with van der Waals surface area (Å²) in [5.74, 6) is -0.106. The Kier molecular flexibility index (Phi) is 5.73. The van der Waals surface area contributed by atoms with Crippen molar-refractivity contribution in [3.63, 3.8) is 0 Å². The van der Waals surface area contributed by atoms with Crippen LogP contribution in [0.4, 0.5) is 0 Å². The molecule has 0 aliphatic rings. The van der Waals surface area contributed by atoms with Gasteiger partial charge in [-0.3, -0.25) is 4.79 Å². The highest BCUT2D eigenvalue weighted by Crippen LogP contribution is 2.13. The zero-order valence-corrected chi connectivity index (χ0v) is 12.4. The maximum Gasteiger partial charge on any atom is 0.251 e. The number of amides is 1. The molecule has 0 bridgehead atoms. The molecule has 1 aromatic heterocycles. The molecule has 0 fully saturated rings. The third kappa shape index (κ3) is 3.59. The van der Waals surface area contributed by atoms with Gasteiger partial charge in [-0.15, -0.1) is 12.4 Å². The lowest BCUT2D eigenvalue weighted by Gasteiger charge is -2.06. The second-order valence-corrected chi connectivity index (χ2v) is 4.43. The minimum Gasteiger partial charge on any atom is -0.351 e. The fourth-order valence-corrected chi connectivity index (χ4v) is 1.93. The van der Waals surface area contributed by atoms with Crippen LogP contribution in [0.25, 0.3) is 5.69 Å². The van der Waals surface area contributed by atoms with Gasteiger partial charge in [0.2, 0.25) is 0 Å². The van der Waals surface area contributed by atoms with Crippen molar-refractivity contribution in [1.82, 2.24) is 15.1 Å². The number of carbonyl (C=O) groups is 1. The first-order valence-electron chi connectivity index (χ1n) is 6.24. The van der Waals surface area contributed by atoms with Gasteiger partial charge in [-0.25, -0.2) is 4.68 Å². The zero-order valence-electron chi connectivity index (χ0n) is 11.6. The lowest BCUT2D eigenvalue weighted by Crippen LogP contribution is -2.28. The van der Waals surface area contributed by atoms with Crippen molar-refractivity contribution >= 4 is 18.3 Å². The Labute approximate surface area is 124 Å². The molecule has 0 atom stereocenters. The largest absolute Gasteiger partial charge is 0.351 e. The number of halogens is 1. The van der Waals surface area contributed by atoms with Gasteiger partial charge in [0.15, 0.2) is 0 Å². The summed E-state index contributed by atoms with van der Waals surface area (Å²) in [6.07, 6.45) is 0. The van der Waals surface area contributed by atoms with Crippen molar-refractivity contribution in [2.75, 3.05) is 13.1 Å². The number of aryl methyl sites for hydroxylation is 2. The summed E-state index contributed by atoms with van der Waals surface area (Å²) in [6, 6.07) is 9.37. The van der Waals surface area contributed by atoms with Crippen molar-refractivity contribution in [3.8, 4) is 5.69 Å². The average Bonchev–Trinajstić information content (AvgIpc) is 2.75. The molecule has 1 amide bonds. The second kappa shape index (κ2) is 7.07. The third-order valence-corrected chi connectivity index (χ3v) is 2.81. The molecule has 0 aliphatic carbocycles. The number of hydrogen-bond donors (Lipinski definition) is 2. The number of nitrogens with zero attached hydrogens (tertiary/aromatic N) is 2. The van der Waals surface area contributed by atoms with Crippen LogP contribution in [0, 0.1) is 13.8 Å². The van der Waals surface area contributed by atoms with Crippen LogP contribution in [0.15, 0.2) is 30.3 Å². The van der Waals surface area contributed by atoms with E-state index in [9.17, 15) is 4.79 Å². The first-order chi connectivity index (χ1) is 9.11. The van der Waals surface area contributed by atoms with Gasteiger partial charge >= 0.3 is 0 Å². The second-order valence-electron chi connectivity index (χ2n) is 4.43. The van der Waals surface area contributed by atoms with E-state index in [-0.39, 0.29) is 18.3 Å². The van der Waals surface area contributed by atoms with Crippen molar-refractivity contribution in [1.29, 1.82) is 0 Å². The standard InChI is InChI=1S/C14H18N4O.ClH/c1-10-9-11(2)18(17-10)13-5-3-12(4-6-13)14(19)16-8-7-15;/h3-6,9H,7-8,15H2,1-2H3,(H,16,19);1H. The molecule has 2 rings (SSSR count). The normalized spacial score (nSPS) is 9.95. The summed E-state index contributed by atoms with van der Waals surface area (Å²) in [6.45, 7) is 4.88. The number of rotatable bonds is 4. The molecule has 1 aromatic carbocycles. The van der Waals surface area contributed by atoms with Gasteiger partial charge in [0.25, 0.3) is 5.91 Å². The summed E-state index contributed by atoms with van der Waals surface area (Å²) in [4.78, 5) is 11.7. The van der Waals surface area contributed by atoms with E-state index in [4.69, 9.17) is 5.73 Å². The summed E-state index contributed by atoms with van der Waals surface area (Å²) < 4.78 is 1.86. The van der Waals surface area contributed by atoms with Crippen LogP contribution in [0.5, 0.6) is 0 Å². The monoisotopic (exact) mass is 294 g/mol. The van der Waals surface area contributed by atoms with Crippen LogP contribution in [0.1, 0.15) is 21.7 Å². The van der Waals surface area contributed by atoms with Crippen molar-refractivity contribution in [2.45, 2.75) is 13.8 Å². The van der Waals surface area contributed by atoms with E-state index in [1.54, 1.807) is 12.1 Å². The molecule has 6 heteroatoms. The van der Waals surface area contributed by atoms with Crippen molar-refractivity contribution < 1.29 is 4.79 Å². The van der Waals surface area contributed by atoms with Gasteiger partial charge in [0, 0.05) is 24.3 Å². The molecule has 0 spiro atoms. The Hall–Kier alpha value is -1.85. The minimum atomic E-state index is -0.106. The molecule has 0 saturated carbocycles. The molecule has 0 radical (unpaired) electrons. The fourth-order valence-electron chi connectivity index (χ4n) is 1.93. The molecular formula is C14H19ClN4O. The number of hydrogen-bond acceptors (Lipinski definition) is 3. The van der Waals surface area contributed by atoms with Crippen LogP contribution in [0.3, 0.4) is 0 Å². The predicted octanol–water partition coefficient (Wildman–Crippen LogP) is 1.60. The highest BCUT2D eigenvalue weighted by molar-refractivity contribution is 5.94. The third-order valence-electron chi connectivity index (χ3n) is 2.81. The topological polar surface area (TPSA) is 72.9 Å². The van der Waals surface area contributed by atoms with Gasteiger partial charge in [0.1, 0.15) is 0 Å². The summed E-state index contributed by atoms with van der Waals surface area (Å²) in [7, 11) is 0. The minimum absolute atomic E-state index is 0. The van der Waals surface area contributed by atoms with Crippen molar-refractivity contribution in [2.24, 2.45) is 5.73 Å². The Morgan fingerprint density at radius 2 is 1.95 bits per heavy atom. The van der Waals surface area contributed by atoms with Gasteiger partial charge in [0.05, 0.1) is 11.4 Å². The Morgan fingerprint density at radius 3 is 2.45 bits per heavy atom. The van der Waals surface area contributed by atoms with Crippen LogP contribution < -0.4 is 11.1 Å². The summed E-state index contributed by atoms with van der Waals surface area (Å²) >= 11 is 0. The molecule has 108 valence electrons. The van der Waals surface area contributed by atoms with Crippen molar-refractivity contribution in [3.05, 3.63) is 47.3 Å². The predicted molar refractivity (Wildman–Crippen MR) is 81.7 cm³/mol. The van der Waals surface area contributed by atoms with E-state index in [0.717, 1.165) is 17.1 Å². The molecule has 0 saturated heterocycles. The van der Waals surface area contributed by atoms with E-state index in [0.29, 0.717) is 18.7 Å². The summed E-state index contributed by atoms with van der Waals surface area (Å²) in [5.41, 5.74) is 8.96. The lowest BCUT2D eigenvalue weighted by molar-refractivity contribution is 0.0955. The van der Waals surface area contributed by atoms with Gasteiger partial charge in [-0.1, -0.05) is 0 Å². The highest BCUT2D eigenvalue weighted by Gasteiger charge is 2.07. The Morgan fingerprint density at radius 1 is 1.30 bits per heavy atom. The fraction of sp³-hybridized carbons (Fsp3) is 0.286. The van der Waals surface area contributed by atoms with Crippen LogP contribution in [-0.4, -0.2) is 28.8 Å². The average molecular weight is 295 g/mol. The Balaban J connectivity index is 0.00000200. The van der Waals surface area contributed by atoms with Crippen LogP contribution >= 0.6 is 12.4 Å². The molecular weight excluding hydrogens is 276 g/mol. The number of nitrogens with two attached hydrogens (primary N) is 1. The maximum absolute atomic E-state index is 11.7. The highest BCUT2D eigenvalue weighted by atomic mass is 35.5. The van der Waals surface area contributed by atoms with E-state index >= 15 is 0 Å². The maximum atomic E-state index is 11.7. The van der Waals surface area contributed by atoms with E-state index in [2.05, 4.69) is 10.4 Å². The van der Waals surface area contributed by atoms with Crippen LogP contribution in [-0.2, 0) is 0 Å². The quantitative estimate of drug-likeness (QED) is 0.899. The first kappa shape index (κ1) is 16.2. The van der Waals surface area contributed by atoms with E-state index in [1.165, 1.54) is 0 Å². The smallest absolute Gasteiger partial charge is 0.251 e. The molecule has 5 nitrogen and oxygen atoms in total. The molecule has 2 aromatic rings. The zero-order chi connectivity index (χ0) is 13.8. The summed E-state index contributed by atoms with van der Waals surface area (Å²) in [5, 5.41) is 7.14. The Bertz CT molecular complexity index is 577. The number of benzene rings is 1. The number of carbonyl (C=O) groups excluding carboxylic acids is 1. The molecule has 0 unspecified atom stereocenters. The van der Waals surface area contributed by atoms with Gasteiger partial charge in [-0.2, -0.15) is 5.10 Å². The van der Waals surface area contributed by atoms with Gasteiger partial charge in [-0.05, 0) is 44.2 Å². The molecule has 0 aliphatic heterocycles. The van der Waals surface area contributed by atoms with Gasteiger partial charge < -0.3 is 11.1 Å². The SMILES string of the molecule is Cc1cc(C)n(-c2ccc(C(=O)NCCN)cc2)n1.Cl.